The van der Waals surface area contributed by atoms with Crippen molar-refractivity contribution in [3.63, 3.8) is 0 Å². The van der Waals surface area contributed by atoms with E-state index in [1.807, 2.05) is 30.0 Å². The molecule has 2 N–H and O–H groups in total. The van der Waals surface area contributed by atoms with Crippen molar-refractivity contribution in [2.45, 2.75) is 25.8 Å². The van der Waals surface area contributed by atoms with E-state index in [2.05, 4.69) is 4.98 Å². The lowest BCUT2D eigenvalue weighted by molar-refractivity contribution is -0.148. The Kier molecular flexibility index (Phi) is 4.57. The predicted octanol–water partition coefficient (Wildman–Crippen LogP) is 2.49. The fraction of sp³-hybridized carbons (Fsp3) is 0.444. The first-order valence-corrected chi connectivity index (χ1v) is 8.13. The number of nitrogens with one attached hydrogen (secondary N) is 1. The van der Waals surface area contributed by atoms with Crippen molar-refractivity contribution in [3.8, 4) is 0 Å². The molecular formula is C18H22N2O4. The van der Waals surface area contributed by atoms with Crippen LogP contribution < -0.4 is 0 Å². The van der Waals surface area contributed by atoms with Gasteiger partial charge in [0, 0.05) is 35.8 Å². The van der Waals surface area contributed by atoms with Gasteiger partial charge in [0.1, 0.15) is 6.04 Å². The van der Waals surface area contributed by atoms with Crippen LogP contribution in [0.15, 0.2) is 24.4 Å². The van der Waals surface area contributed by atoms with Crippen LogP contribution in [0.25, 0.3) is 10.9 Å². The number of aromatic amines is 1. The lowest BCUT2D eigenvalue weighted by Crippen LogP contribution is -2.41. The second-order valence-corrected chi connectivity index (χ2v) is 6.37. The van der Waals surface area contributed by atoms with Crippen LogP contribution in [0.2, 0.25) is 0 Å². The van der Waals surface area contributed by atoms with Crippen LogP contribution in [-0.4, -0.2) is 47.1 Å². The molecule has 2 aromatic rings. The summed E-state index contributed by atoms with van der Waals surface area (Å²) in [5.41, 5.74) is 2.81. The topological polar surface area (TPSA) is 82.6 Å². The largest absolute Gasteiger partial charge is 0.480 e. The van der Waals surface area contributed by atoms with Gasteiger partial charge in [-0.25, -0.2) is 0 Å². The average Bonchev–Trinajstić information content (AvgIpc) is 2.97. The maximum absolute atomic E-state index is 12.0. The van der Waals surface area contributed by atoms with E-state index >= 15 is 0 Å². The molecule has 0 radical (unpaired) electrons. The average molecular weight is 330 g/mol. The summed E-state index contributed by atoms with van der Waals surface area (Å²) in [5, 5.41) is 10.7. The first-order chi connectivity index (χ1) is 11.5. The molecule has 0 bridgehead atoms. The van der Waals surface area contributed by atoms with Gasteiger partial charge in [0.05, 0.1) is 13.0 Å². The van der Waals surface area contributed by atoms with E-state index in [9.17, 15) is 14.7 Å². The number of nitrogens with zero attached hydrogens (tertiary/aromatic N) is 1. The van der Waals surface area contributed by atoms with Crippen LogP contribution >= 0.6 is 0 Å². The number of rotatable bonds is 4. The number of esters is 1. The number of piperidine rings is 1. The highest BCUT2D eigenvalue weighted by Crippen LogP contribution is 2.32. The Morgan fingerprint density at radius 3 is 2.67 bits per heavy atom. The zero-order valence-electron chi connectivity index (χ0n) is 13.9. The number of H-pyrrole nitrogens is 1. The number of aromatic nitrogens is 1. The second-order valence-electron chi connectivity index (χ2n) is 6.37. The molecule has 1 aromatic carbocycles. The number of benzene rings is 1. The Bertz CT molecular complexity index is 759. The summed E-state index contributed by atoms with van der Waals surface area (Å²) in [4.78, 5) is 28.7. The molecule has 1 fully saturated rings. The number of carboxylic acids is 1. The third-order valence-electron chi connectivity index (χ3n) is 4.83. The molecule has 3 rings (SSSR count). The smallest absolute Gasteiger partial charge is 0.325 e. The number of fused-ring (bicyclic) bond motifs is 1. The van der Waals surface area contributed by atoms with Crippen molar-refractivity contribution in [1.29, 1.82) is 0 Å². The van der Waals surface area contributed by atoms with E-state index in [0.29, 0.717) is 25.9 Å². The highest BCUT2D eigenvalue weighted by molar-refractivity contribution is 5.89. The Morgan fingerprint density at radius 1 is 1.33 bits per heavy atom. The maximum atomic E-state index is 12.0. The molecule has 6 heteroatoms. The first-order valence-electron chi connectivity index (χ1n) is 8.13. The normalized spacial score (nSPS) is 17.8. The van der Waals surface area contributed by atoms with Crippen molar-refractivity contribution in [2.24, 2.45) is 5.92 Å². The van der Waals surface area contributed by atoms with Crippen molar-refractivity contribution >= 4 is 22.8 Å². The molecule has 1 aromatic heterocycles. The number of hydrogen-bond acceptors (Lipinski definition) is 4. The molecule has 24 heavy (non-hydrogen) atoms. The molecule has 0 spiro atoms. The van der Waals surface area contributed by atoms with Crippen LogP contribution in [-0.2, 0) is 14.3 Å². The molecule has 1 saturated heterocycles. The zero-order valence-corrected chi connectivity index (χ0v) is 13.9. The molecular weight excluding hydrogens is 308 g/mol. The lowest BCUT2D eigenvalue weighted by atomic mass is 9.94. The summed E-state index contributed by atoms with van der Waals surface area (Å²) < 4.78 is 4.80. The summed E-state index contributed by atoms with van der Waals surface area (Å²) in [6.45, 7) is 3.12. The molecule has 128 valence electrons. The van der Waals surface area contributed by atoms with Crippen LogP contribution in [0.5, 0.6) is 0 Å². The highest BCUT2D eigenvalue weighted by atomic mass is 16.5. The van der Waals surface area contributed by atoms with Gasteiger partial charge < -0.3 is 14.8 Å². The number of carbonyl (C=O) groups excluding carboxylic acids is 1. The van der Waals surface area contributed by atoms with E-state index in [1.54, 1.807) is 6.20 Å². The van der Waals surface area contributed by atoms with Crippen LogP contribution in [0.3, 0.4) is 0 Å². The molecule has 0 saturated carbocycles. The van der Waals surface area contributed by atoms with Gasteiger partial charge in [-0.3, -0.25) is 14.5 Å². The quantitative estimate of drug-likeness (QED) is 0.842. The fourth-order valence-electron chi connectivity index (χ4n) is 3.53. The predicted molar refractivity (Wildman–Crippen MR) is 89.7 cm³/mol. The van der Waals surface area contributed by atoms with E-state index in [0.717, 1.165) is 22.0 Å². The fourth-order valence-corrected chi connectivity index (χ4v) is 3.53. The first kappa shape index (κ1) is 16.5. The van der Waals surface area contributed by atoms with Gasteiger partial charge in [0.2, 0.25) is 0 Å². The number of carbonyl (C=O) groups is 2. The summed E-state index contributed by atoms with van der Waals surface area (Å²) in [6.07, 6.45) is 3.03. The van der Waals surface area contributed by atoms with Crippen molar-refractivity contribution in [2.75, 3.05) is 20.2 Å². The Morgan fingerprint density at radius 2 is 2.04 bits per heavy atom. The minimum absolute atomic E-state index is 0.133. The maximum Gasteiger partial charge on any atom is 0.325 e. The third kappa shape index (κ3) is 3.01. The van der Waals surface area contributed by atoms with Crippen molar-refractivity contribution in [3.05, 3.63) is 35.5 Å². The lowest BCUT2D eigenvalue weighted by Gasteiger charge is -2.34. The van der Waals surface area contributed by atoms with Crippen LogP contribution in [0.4, 0.5) is 0 Å². The number of ether oxygens (including phenoxy) is 1. The molecule has 0 unspecified atom stereocenters. The standard InChI is InChI=1S/C18H22N2O4/c1-11-3-4-15-13(9-11)14(10-19-15)16(17(21)22)20-7-5-12(6-8-20)18(23)24-2/h3-4,9-10,12,16,19H,5-8H2,1-2H3,(H,21,22)/t16-/m0/s1. The Hall–Kier alpha value is -2.34. The monoisotopic (exact) mass is 330 g/mol. The van der Waals surface area contributed by atoms with Gasteiger partial charge in [0.15, 0.2) is 0 Å². The van der Waals surface area contributed by atoms with E-state index in [4.69, 9.17) is 4.74 Å². The van der Waals surface area contributed by atoms with E-state index in [-0.39, 0.29) is 11.9 Å². The van der Waals surface area contributed by atoms with Gasteiger partial charge in [-0.05, 0) is 31.9 Å². The minimum atomic E-state index is -0.867. The summed E-state index contributed by atoms with van der Waals surface area (Å²) >= 11 is 0. The number of carboxylic acid groups (broad SMARTS) is 1. The summed E-state index contributed by atoms with van der Waals surface area (Å²) in [5.74, 6) is -1.20. The number of likely N-dealkylation sites (tertiary alicyclic amines) is 1. The van der Waals surface area contributed by atoms with Crippen molar-refractivity contribution in [1.82, 2.24) is 9.88 Å². The molecule has 0 amide bonds. The van der Waals surface area contributed by atoms with Gasteiger partial charge in [-0.2, -0.15) is 0 Å². The SMILES string of the molecule is COC(=O)C1CCN([C@H](C(=O)O)c2c[nH]c3ccc(C)cc23)CC1. The highest BCUT2D eigenvalue weighted by Gasteiger charge is 2.34. The molecule has 1 aliphatic heterocycles. The van der Waals surface area contributed by atoms with E-state index in [1.165, 1.54) is 7.11 Å². The second kappa shape index (κ2) is 6.65. The molecule has 6 nitrogen and oxygen atoms in total. The number of hydrogen-bond donors (Lipinski definition) is 2. The summed E-state index contributed by atoms with van der Waals surface area (Å²) in [6, 6.07) is 5.27. The minimum Gasteiger partial charge on any atom is -0.480 e. The molecule has 1 aliphatic rings. The van der Waals surface area contributed by atoms with E-state index < -0.39 is 12.0 Å². The zero-order chi connectivity index (χ0) is 17.3. The molecule has 1 atom stereocenters. The van der Waals surface area contributed by atoms with Crippen molar-refractivity contribution < 1.29 is 19.4 Å². The number of aliphatic carboxylic acids is 1. The van der Waals surface area contributed by atoms with Gasteiger partial charge >= 0.3 is 11.9 Å². The van der Waals surface area contributed by atoms with Gasteiger partial charge in [-0.15, -0.1) is 0 Å². The van der Waals surface area contributed by atoms with Crippen LogP contribution in [0.1, 0.15) is 30.0 Å². The number of aryl methyl sites for hydroxylation is 1. The van der Waals surface area contributed by atoms with Crippen LogP contribution in [0, 0.1) is 12.8 Å². The number of methoxy groups -OCH3 is 1. The third-order valence-corrected chi connectivity index (χ3v) is 4.83. The van der Waals surface area contributed by atoms with Gasteiger partial charge in [-0.1, -0.05) is 11.6 Å². The summed E-state index contributed by atoms with van der Waals surface area (Å²) in [7, 11) is 1.39. The Labute approximate surface area is 140 Å². The van der Waals surface area contributed by atoms with Gasteiger partial charge in [0.25, 0.3) is 0 Å². The Balaban J connectivity index is 1.87. The molecule has 2 heterocycles. The molecule has 0 aliphatic carbocycles.